The predicted octanol–water partition coefficient (Wildman–Crippen LogP) is 1.12. The number of aliphatic carboxylic acids is 1. The molecule has 384 valence electrons. The number of imide groups is 1. The Balaban J connectivity index is 0.00000195. The number of fused-ring (bicyclic) bond motifs is 1. The number of rotatable bonds is 23. The van der Waals surface area contributed by atoms with Crippen molar-refractivity contribution in [3.8, 4) is 0 Å². The average molecular weight is 996 g/mol. The van der Waals surface area contributed by atoms with Crippen LogP contribution in [0.4, 0.5) is 13.2 Å². The summed E-state index contributed by atoms with van der Waals surface area (Å²) < 4.78 is 43.7. The molecule has 0 unspecified atom stereocenters. The third kappa shape index (κ3) is 17.2. The monoisotopic (exact) mass is 996 g/mol. The molecule has 0 aliphatic carbocycles. The van der Waals surface area contributed by atoms with Crippen LogP contribution in [0.1, 0.15) is 85.3 Å². The van der Waals surface area contributed by atoms with Crippen LogP contribution in [0.5, 0.6) is 0 Å². The molecule has 0 radical (unpaired) electrons. The zero-order valence-corrected chi connectivity index (χ0v) is 44.8. The van der Waals surface area contributed by atoms with Gasteiger partial charge < -0.3 is 45.2 Å². The van der Waals surface area contributed by atoms with E-state index in [2.05, 4.69) is 40.1 Å². The molecule has 4 rings (SSSR count). The number of carboxylic acid groups (broad SMARTS) is 1. The summed E-state index contributed by atoms with van der Waals surface area (Å²) in [4.78, 5) is 85.3. The molecule has 0 bridgehead atoms. The van der Waals surface area contributed by atoms with Crippen molar-refractivity contribution in [1.82, 2.24) is 36.1 Å². The van der Waals surface area contributed by atoms with Crippen LogP contribution in [0.3, 0.4) is 0 Å². The molecule has 1 aliphatic rings. The van der Waals surface area contributed by atoms with E-state index >= 15 is 0 Å². The Kier molecular flexibility index (Phi) is 25.8. The fourth-order valence-corrected chi connectivity index (χ4v) is 9.32. The topological polar surface area (TPSA) is 214 Å². The van der Waals surface area contributed by atoms with E-state index in [-0.39, 0.29) is 89.8 Å². The number of alkyl halides is 3. The van der Waals surface area contributed by atoms with Crippen molar-refractivity contribution in [2.45, 2.75) is 136 Å². The molecule has 16 nitrogen and oxygen atoms in total. The number of nitrogens with one attached hydrogen (secondary N) is 5. The summed E-state index contributed by atoms with van der Waals surface area (Å²) in [6, 6.07) is 14.6. The number of aromatic nitrogens is 1. The number of benzene rings is 2. The number of carboxylic acids is 1. The van der Waals surface area contributed by atoms with Crippen LogP contribution in [-0.2, 0) is 51.2 Å². The second-order valence-electron chi connectivity index (χ2n) is 18.5. The summed E-state index contributed by atoms with van der Waals surface area (Å²) in [5.74, 6) is -5.44. The summed E-state index contributed by atoms with van der Waals surface area (Å²) in [7, 11) is 6.71. The Bertz CT molecular complexity index is 2140. The molecule has 5 N–H and O–H groups in total. The number of para-hydroxylation sites is 1. The molecule has 1 aliphatic heterocycles. The van der Waals surface area contributed by atoms with Gasteiger partial charge in [-0.25, -0.2) is 0 Å². The van der Waals surface area contributed by atoms with Gasteiger partial charge in [-0.15, -0.1) is 0 Å². The van der Waals surface area contributed by atoms with E-state index in [0.29, 0.717) is 19.5 Å². The fraction of sp³-hybridized carbons (Fsp3) is 0.600. The van der Waals surface area contributed by atoms with Crippen molar-refractivity contribution in [3.63, 3.8) is 0 Å². The first-order chi connectivity index (χ1) is 32.5. The van der Waals surface area contributed by atoms with Crippen LogP contribution in [0, 0.1) is 23.7 Å². The maximum absolute atomic E-state index is 14.5. The third-order valence-electron chi connectivity index (χ3n) is 13.1. The molecule has 0 spiro atoms. The molecule has 1 fully saturated rings. The van der Waals surface area contributed by atoms with Crippen molar-refractivity contribution < 1.29 is 86.1 Å². The number of ether oxygens (including phenoxy) is 2. The van der Waals surface area contributed by atoms with Crippen LogP contribution < -0.4 is 55.9 Å². The maximum Gasteiger partial charge on any atom is 1.00 e. The van der Waals surface area contributed by atoms with Crippen LogP contribution in [-0.4, -0.2) is 134 Å². The van der Waals surface area contributed by atoms with Gasteiger partial charge in [-0.05, 0) is 61.9 Å². The number of H-pyrrole nitrogens is 1. The number of nitrogens with zero attached hydrogens (tertiary/aromatic N) is 2. The number of methoxy groups -OCH3 is 2. The minimum Gasteiger partial charge on any atom is -0.542 e. The van der Waals surface area contributed by atoms with Gasteiger partial charge in [-0.3, -0.25) is 34.2 Å². The SMILES string of the molecule is CC[C@H](C)[C@@H]([C@@H](CC(=O)N1CCC[C@H]1[C@H](OC)[C@@H](C)C(=O)N[C@@H](Cc1c[nH]c2ccccc12)C(=O)NCc1ccccc1)OC)N(C)[C@H](C(=O)NC(=O)[C@@H](NC)C(C)C)C(C)C.O=C([O-])C(F)(F)F.[Na+]. The molecular formula is C50H73F3N7NaO9. The van der Waals surface area contributed by atoms with E-state index in [1.807, 2.05) is 105 Å². The Morgan fingerprint density at radius 2 is 1.50 bits per heavy atom. The van der Waals surface area contributed by atoms with Crippen LogP contribution in [0.25, 0.3) is 10.9 Å². The van der Waals surface area contributed by atoms with Gasteiger partial charge in [0.2, 0.25) is 29.5 Å². The zero-order chi connectivity index (χ0) is 51.7. The number of likely N-dealkylation sites (tertiary alicyclic amines) is 1. The van der Waals surface area contributed by atoms with Gasteiger partial charge in [0.05, 0.1) is 42.7 Å². The Hall–Kier alpha value is -4.37. The number of aromatic amines is 1. The molecule has 1 aromatic heterocycles. The summed E-state index contributed by atoms with van der Waals surface area (Å²) in [5.41, 5.74) is 2.78. The van der Waals surface area contributed by atoms with Gasteiger partial charge in [-0.2, -0.15) is 13.2 Å². The smallest absolute Gasteiger partial charge is 0.542 e. The van der Waals surface area contributed by atoms with E-state index < -0.39 is 60.3 Å². The van der Waals surface area contributed by atoms with Crippen molar-refractivity contribution in [2.75, 3.05) is 34.9 Å². The van der Waals surface area contributed by atoms with Gasteiger partial charge in [-0.1, -0.05) is 103 Å². The second kappa shape index (κ2) is 29.2. The zero-order valence-electron chi connectivity index (χ0n) is 42.8. The normalized spacial score (nSPS) is 17.3. The minimum atomic E-state index is -5.19. The summed E-state index contributed by atoms with van der Waals surface area (Å²) in [5, 5.41) is 21.5. The van der Waals surface area contributed by atoms with Gasteiger partial charge in [0.1, 0.15) is 12.0 Å². The third-order valence-corrected chi connectivity index (χ3v) is 13.1. The van der Waals surface area contributed by atoms with Crippen LogP contribution >= 0.6 is 0 Å². The van der Waals surface area contributed by atoms with Gasteiger partial charge >= 0.3 is 35.7 Å². The maximum atomic E-state index is 14.5. The number of hydrogen-bond donors (Lipinski definition) is 5. The molecule has 5 amide bonds. The Labute approximate surface area is 432 Å². The quantitative estimate of drug-likeness (QED) is 0.0850. The first-order valence-corrected chi connectivity index (χ1v) is 23.6. The number of amides is 5. The molecule has 0 saturated carbocycles. The van der Waals surface area contributed by atoms with Crippen molar-refractivity contribution in [2.24, 2.45) is 23.7 Å². The number of carbonyl (C=O) groups is 6. The average Bonchev–Trinajstić information content (AvgIpc) is 3.95. The van der Waals surface area contributed by atoms with Crippen molar-refractivity contribution in [3.05, 3.63) is 71.9 Å². The molecular weight excluding hydrogens is 923 g/mol. The van der Waals surface area contributed by atoms with Crippen LogP contribution in [0.15, 0.2) is 60.8 Å². The Morgan fingerprint density at radius 1 is 0.886 bits per heavy atom. The number of hydrogen-bond acceptors (Lipinski definition) is 11. The molecule has 20 heteroatoms. The molecule has 3 aromatic rings. The molecule has 1 saturated heterocycles. The van der Waals surface area contributed by atoms with E-state index in [4.69, 9.17) is 19.4 Å². The largest absolute Gasteiger partial charge is 1.00 e. The number of halogens is 3. The van der Waals surface area contributed by atoms with Crippen molar-refractivity contribution >= 4 is 46.4 Å². The Morgan fingerprint density at radius 3 is 2.04 bits per heavy atom. The summed E-state index contributed by atoms with van der Waals surface area (Å²) in [6.07, 6.45) is -2.12. The first kappa shape index (κ1) is 61.7. The van der Waals surface area contributed by atoms with Gasteiger partial charge in [0.15, 0.2) is 0 Å². The van der Waals surface area contributed by atoms with E-state index in [1.54, 1.807) is 28.2 Å². The number of carbonyl (C=O) groups excluding carboxylic acids is 6. The molecule has 2 heterocycles. The second-order valence-corrected chi connectivity index (χ2v) is 18.5. The summed E-state index contributed by atoms with van der Waals surface area (Å²) >= 11 is 0. The first-order valence-electron chi connectivity index (χ1n) is 23.6. The molecule has 70 heavy (non-hydrogen) atoms. The van der Waals surface area contributed by atoms with E-state index in [0.717, 1.165) is 34.9 Å². The summed E-state index contributed by atoms with van der Waals surface area (Å²) in [6.45, 7) is 14.5. The predicted molar refractivity (Wildman–Crippen MR) is 254 cm³/mol. The minimum absolute atomic E-state index is 0. The van der Waals surface area contributed by atoms with E-state index in [9.17, 15) is 37.1 Å². The number of likely N-dealkylation sites (N-methyl/N-ethyl adjacent to an activating group) is 2. The fourth-order valence-electron chi connectivity index (χ4n) is 9.32. The van der Waals surface area contributed by atoms with Crippen LogP contribution in [0.2, 0.25) is 0 Å². The standard InChI is InChI=1S/C48H73N7O7.C2HF3O2.Na/c1-12-31(6)43(54(9)42(30(4)5)48(60)53-47(59)41(49-8)29(2)3)39(61-10)26-40(56)55-24-18-23-38(55)44(62-11)32(7)45(57)52-37(46(58)51-27-33-19-14-13-15-20-33)25-34-28-50-36-22-17-16-21-35(34)36;3-2(4,5)1(6)7;/h13-17,19-22,28-32,37-39,41-44,49-50H,12,18,23-27H2,1-11H3,(H,51,58)(H,52,57)(H,53,59,60);(H,6,7);/q;;+1/p-1/t31-,32+,37-,38-,39+,41-,42-,43-,44+;;/m0../s1. The van der Waals surface area contributed by atoms with E-state index in [1.165, 1.54) is 0 Å². The van der Waals surface area contributed by atoms with Crippen molar-refractivity contribution in [1.29, 1.82) is 0 Å². The molecule has 9 atom stereocenters. The van der Waals surface area contributed by atoms with Gasteiger partial charge in [0, 0.05) is 56.9 Å². The van der Waals surface area contributed by atoms with Gasteiger partial charge in [0.25, 0.3) is 0 Å². The molecule has 2 aromatic carbocycles.